The average molecular weight is 446 g/mol. The Bertz CT molecular complexity index is 1270. The Kier molecular flexibility index (Phi) is 6.57. The van der Waals surface area contributed by atoms with E-state index in [2.05, 4.69) is 25.8 Å². The van der Waals surface area contributed by atoms with Crippen molar-refractivity contribution in [2.45, 2.75) is 13.1 Å². The summed E-state index contributed by atoms with van der Waals surface area (Å²) in [6.07, 6.45) is 1.65. The van der Waals surface area contributed by atoms with Gasteiger partial charge >= 0.3 is 0 Å². The molecule has 1 amide bonds. The Labute approximate surface area is 189 Å². The quantitative estimate of drug-likeness (QED) is 0.399. The van der Waals surface area contributed by atoms with Crippen LogP contribution in [0.3, 0.4) is 0 Å². The summed E-state index contributed by atoms with van der Waals surface area (Å²) in [5.41, 5.74) is 2.61. The van der Waals surface area contributed by atoms with Crippen molar-refractivity contribution in [3.05, 3.63) is 111 Å². The molecule has 0 atom stereocenters. The fourth-order valence-corrected chi connectivity index (χ4v) is 3.20. The van der Waals surface area contributed by atoms with Crippen molar-refractivity contribution in [2.75, 3.05) is 5.32 Å². The Hall–Kier alpha value is -3.97. The summed E-state index contributed by atoms with van der Waals surface area (Å²) >= 11 is 5.88. The molecular weight excluding hydrogens is 426 g/mol. The highest BCUT2D eigenvalue weighted by Crippen LogP contribution is 2.19. The first-order valence-electron chi connectivity index (χ1n) is 9.95. The van der Waals surface area contributed by atoms with Crippen LogP contribution in [0.1, 0.15) is 21.5 Å². The number of benzene rings is 2. The first kappa shape index (κ1) is 21.3. The maximum absolute atomic E-state index is 12.6. The van der Waals surface area contributed by atoms with E-state index >= 15 is 0 Å². The highest BCUT2D eigenvalue weighted by Gasteiger charge is 2.13. The molecule has 8 heteroatoms. The van der Waals surface area contributed by atoms with Crippen LogP contribution in [-0.4, -0.2) is 21.1 Å². The van der Waals surface area contributed by atoms with Crippen LogP contribution in [0, 0.1) is 0 Å². The van der Waals surface area contributed by atoms with Crippen LogP contribution < -0.4 is 16.2 Å². The molecule has 2 aromatic carbocycles. The van der Waals surface area contributed by atoms with Crippen molar-refractivity contribution in [1.29, 1.82) is 0 Å². The number of carbonyl (C=O) groups is 1. The summed E-state index contributed by atoms with van der Waals surface area (Å²) in [5.74, 6) is 0.175. The topological polar surface area (TPSA) is 99.8 Å². The zero-order valence-electron chi connectivity index (χ0n) is 17.0. The van der Waals surface area contributed by atoms with Gasteiger partial charge in [0.05, 0.1) is 5.69 Å². The van der Waals surface area contributed by atoms with Gasteiger partial charge in [0.2, 0.25) is 0 Å². The van der Waals surface area contributed by atoms with Gasteiger partial charge in [0, 0.05) is 29.9 Å². The Morgan fingerprint density at radius 3 is 2.47 bits per heavy atom. The predicted molar refractivity (Wildman–Crippen MR) is 124 cm³/mol. The van der Waals surface area contributed by atoms with Crippen LogP contribution in [0.15, 0.2) is 83.8 Å². The van der Waals surface area contributed by atoms with Crippen LogP contribution in [0.25, 0.3) is 11.3 Å². The summed E-state index contributed by atoms with van der Waals surface area (Å²) < 4.78 is 0. The molecular formula is C24H20ClN5O2. The van der Waals surface area contributed by atoms with Crippen LogP contribution in [0.5, 0.6) is 0 Å². The largest absolute Gasteiger partial charge is 0.366 e. The first-order valence-corrected chi connectivity index (χ1v) is 10.3. The third-order valence-electron chi connectivity index (χ3n) is 4.79. The molecule has 2 heterocycles. The predicted octanol–water partition coefficient (Wildman–Crippen LogP) is 4.03. The lowest BCUT2D eigenvalue weighted by molar-refractivity contribution is 0.0949. The van der Waals surface area contributed by atoms with Gasteiger partial charge in [-0.15, -0.1) is 0 Å². The van der Waals surface area contributed by atoms with E-state index in [1.54, 1.807) is 24.4 Å². The van der Waals surface area contributed by atoms with E-state index in [9.17, 15) is 9.59 Å². The molecule has 4 aromatic rings. The van der Waals surface area contributed by atoms with Gasteiger partial charge in [-0.1, -0.05) is 54.1 Å². The minimum Gasteiger partial charge on any atom is -0.366 e. The molecule has 0 unspecified atom stereocenters. The third kappa shape index (κ3) is 5.39. The lowest BCUT2D eigenvalue weighted by atomic mass is 10.1. The van der Waals surface area contributed by atoms with Gasteiger partial charge in [-0.2, -0.15) is 5.10 Å². The zero-order valence-corrected chi connectivity index (χ0v) is 17.8. The van der Waals surface area contributed by atoms with Gasteiger partial charge in [-0.3, -0.25) is 9.59 Å². The van der Waals surface area contributed by atoms with E-state index in [1.165, 1.54) is 6.07 Å². The fraction of sp³-hybridized carbons (Fsp3) is 0.0833. The van der Waals surface area contributed by atoms with E-state index in [-0.39, 0.29) is 12.1 Å². The summed E-state index contributed by atoms with van der Waals surface area (Å²) in [4.78, 5) is 29.1. The number of aromatic nitrogens is 3. The first-order chi connectivity index (χ1) is 15.6. The highest BCUT2D eigenvalue weighted by molar-refractivity contribution is 6.30. The second kappa shape index (κ2) is 9.89. The van der Waals surface area contributed by atoms with Gasteiger partial charge < -0.3 is 10.6 Å². The molecule has 160 valence electrons. The van der Waals surface area contributed by atoms with Gasteiger partial charge in [0.15, 0.2) is 0 Å². The van der Waals surface area contributed by atoms with Crippen molar-refractivity contribution in [1.82, 2.24) is 20.5 Å². The van der Waals surface area contributed by atoms with Gasteiger partial charge in [0.1, 0.15) is 11.4 Å². The van der Waals surface area contributed by atoms with E-state index in [0.717, 1.165) is 16.7 Å². The minimum absolute atomic E-state index is 0.0143. The summed E-state index contributed by atoms with van der Waals surface area (Å²) in [6, 6.07) is 22.1. The number of pyridine rings is 1. The summed E-state index contributed by atoms with van der Waals surface area (Å²) in [6.45, 7) is 0.893. The molecule has 32 heavy (non-hydrogen) atoms. The van der Waals surface area contributed by atoms with Crippen molar-refractivity contribution >= 4 is 23.3 Å². The molecule has 0 fully saturated rings. The van der Waals surface area contributed by atoms with Crippen LogP contribution >= 0.6 is 11.6 Å². The fourth-order valence-electron chi connectivity index (χ4n) is 3.08. The van der Waals surface area contributed by atoms with Gasteiger partial charge in [-0.05, 0) is 41.5 Å². The number of H-pyrrole nitrogens is 1. The van der Waals surface area contributed by atoms with Crippen molar-refractivity contribution < 1.29 is 4.79 Å². The maximum Gasteiger partial charge on any atom is 0.277 e. The van der Waals surface area contributed by atoms with Gasteiger partial charge in [-0.25, -0.2) is 10.1 Å². The Balaban J connectivity index is 1.48. The monoisotopic (exact) mass is 445 g/mol. The Morgan fingerprint density at radius 1 is 0.938 bits per heavy atom. The molecule has 0 saturated carbocycles. The zero-order chi connectivity index (χ0) is 22.3. The van der Waals surface area contributed by atoms with Crippen molar-refractivity contribution in [2.24, 2.45) is 0 Å². The van der Waals surface area contributed by atoms with Crippen LogP contribution in [0.4, 0.5) is 5.82 Å². The number of nitrogens with zero attached hydrogens (tertiary/aromatic N) is 2. The number of halogens is 1. The van der Waals surface area contributed by atoms with Crippen LogP contribution in [-0.2, 0) is 13.1 Å². The molecule has 3 N–H and O–H groups in total. The summed E-state index contributed by atoms with van der Waals surface area (Å²) in [7, 11) is 0. The number of nitrogens with one attached hydrogen (secondary N) is 3. The number of rotatable bonds is 7. The second-order valence-electron chi connectivity index (χ2n) is 7.07. The molecule has 2 aromatic heterocycles. The standard InChI is InChI=1S/C24H20ClN5O2/c25-19-8-6-17(7-9-19)15-28-23(31)20-13-21(29-30-24(20)32)18-10-11-26-22(12-18)27-14-16-4-2-1-3-5-16/h1-13H,14-15H2,(H,26,27)(H,28,31)(H,30,32). The number of amides is 1. The van der Waals surface area contributed by atoms with E-state index in [0.29, 0.717) is 23.1 Å². The lowest BCUT2D eigenvalue weighted by Gasteiger charge is -2.09. The number of hydrogen-bond acceptors (Lipinski definition) is 5. The second-order valence-corrected chi connectivity index (χ2v) is 7.51. The van der Waals surface area contributed by atoms with Crippen molar-refractivity contribution in [3.8, 4) is 11.3 Å². The molecule has 0 aliphatic carbocycles. The smallest absolute Gasteiger partial charge is 0.277 e. The maximum atomic E-state index is 12.6. The normalized spacial score (nSPS) is 10.5. The Morgan fingerprint density at radius 2 is 1.69 bits per heavy atom. The highest BCUT2D eigenvalue weighted by atomic mass is 35.5. The third-order valence-corrected chi connectivity index (χ3v) is 5.04. The lowest BCUT2D eigenvalue weighted by Crippen LogP contribution is -2.29. The molecule has 4 rings (SSSR count). The van der Waals surface area contributed by atoms with Crippen molar-refractivity contribution in [3.63, 3.8) is 0 Å². The average Bonchev–Trinajstić information content (AvgIpc) is 2.83. The number of aromatic amines is 1. The molecule has 0 aliphatic heterocycles. The SMILES string of the molecule is O=C(NCc1ccc(Cl)cc1)c1cc(-c2ccnc(NCc3ccccc3)c2)n[nH]c1=O. The summed E-state index contributed by atoms with van der Waals surface area (Å²) in [5, 5.41) is 13.1. The van der Waals surface area contributed by atoms with E-state index in [1.807, 2.05) is 48.5 Å². The minimum atomic E-state index is -0.557. The molecule has 0 aliphatic rings. The molecule has 0 radical (unpaired) electrons. The van der Waals surface area contributed by atoms with E-state index in [4.69, 9.17) is 11.6 Å². The number of carbonyl (C=O) groups excluding carboxylic acids is 1. The number of hydrogen-bond donors (Lipinski definition) is 3. The number of anilines is 1. The van der Waals surface area contributed by atoms with Gasteiger partial charge in [0.25, 0.3) is 11.5 Å². The van der Waals surface area contributed by atoms with E-state index < -0.39 is 11.5 Å². The molecule has 7 nitrogen and oxygen atoms in total. The molecule has 0 spiro atoms. The molecule has 0 bridgehead atoms. The van der Waals surface area contributed by atoms with Crippen LogP contribution in [0.2, 0.25) is 5.02 Å². The molecule has 0 saturated heterocycles.